The van der Waals surface area contributed by atoms with E-state index in [1.807, 2.05) is 19.1 Å². The molecule has 0 bridgehead atoms. The summed E-state index contributed by atoms with van der Waals surface area (Å²) in [5.74, 6) is 0.956. The number of non-ortho nitro benzene ring substituents is 1. The van der Waals surface area contributed by atoms with Gasteiger partial charge in [-0.1, -0.05) is 39.4 Å². The molecular formula is C33H30BrN3O8S. The lowest BCUT2D eigenvalue weighted by molar-refractivity contribution is -0.384. The molecule has 4 aromatic rings. The van der Waals surface area contributed by atoms with Crippen molar-refractivity contribution in [3.8, 4) is 17.2 Å². The second-order valence-corrected chi connectivity index (χ2v) is 11.9. The van der Waals surface area contributed by atoms with Crippen LogP contribution in [-0.4, -0.2) is 35.8 Å². The Hall–Kier alpha value is -4.75. The topological polar surface area (TPSA) is 131 Å². The maximum absolute atomic E-state index is 14.1. The van der Waals surface area contributed by atoms with E-state index in [1.54, 1.807) is 56.3 Å². The summed E-state index contributed by atoms with van der Waals surface area (Å²) in [6.45, 7) is 6.10. The highest BCUT2D eigenvalue weighted by Crippen LogP contribution is 2.41. The molecule has 0 amide bonds. The number of carbonyl (C=O) groups is 1. The number of esters is 1. The Morgan fingerprint density at radius 1 is 1.09 bits per heavy atom. The lowest BCUT2D eigenvalue weighted by atomic mass is 9.95. The molecule has 0 fully saturated rings. The number of fused-ring (bicyclic) bond motifs is 1. The number of carbonyl (C=O) groups excluding carboxylic acids is 1. The van der Waals surface area contributed by atoms with Crippen LogP contribution in [-0.2, 0) is 16.1 Å². The summed E-state index contributed by atoms with van der Waals surface area (Å²) in [7, 11) is 1.53. The van der Waals surface area contributed by atoms with Crippen LogP contribution in [0.1, 0.15) is 43.5 Å². The summed E-state index contributed by atoms with van der Waals surface area (Å²) >= 11 is 4.84. The van der Waals surface area contributed by atoms with Gasteiger partial charge < -0.3 is 18.9 Å². The zero-order valence-corrected chi connectivity index (χ0v) is 27.8. The fourth-order valence-electron chi connectivity index (χ4n) is 5.00. The van der Waals surface area contributed by atoms with E-state index in [1.165, 1.54) is 35.1 Å². The summed E-state index contributed by atoms with van der Waals surface area (Å²) in [5, 5.41) is 10.9. The third kappa shape index (κ3) is 6.75. The lowest BCUT2D eigenvalue weighted by Gasteiger charge is -2.26. The SMILES string of the molecule is CCOC(=O)C1=C(C)N=c2s/c(=C/c3cccc(OCc4ccc([N+](=O)[O-])cc4)c3)c(=O)n2[C@H]1c1cc(OC)c(OCC)cc1Br. The van der Waals surface area contributed by atoms with Gasteiger partial charge in [0.1, 0.15) is 12.4 Å². The number of aromatic nitrogens is 1. The van der Waals surface area contributed by atoms with Gasteiger partial charge in [0, 0.05) is 16.6 Å². The standard InChI is InChI=1S/C33H30BrN3O8S/c1-5-43-27-17-25(34)24(16-26(27)42-4)30-29(32(39)44-6-2)19(3)35-33-36(30)31(38)28(46-33)15-21-8-7-9-23(14-21)45-18-20-10-12-22(13-11-20)37(40)41/h7-17,30H,5-6,18H2,1-4H3/b28-15+/t30-/m0/s1. The van der Waals surface area contributed by atoms with E-state index in [9.17, 15) is 19.7 Å². The highest BCUT2D eigenvalue weighted by molar-refractivity contribution is 9.10. The first kappa shape index (κ1) is 32.6. The van der Waals surface area contributed by atoms with E-state index in [-0.39, 0.29) is 30.0 Å². The quantitative estimate of drug-likeness (QED) is 0.114. The summed E-state index contributed by atoms with van der Waals surface area (Å²) < 4.78 is 25.2. The first-order valence-electron chi connectivity index (χ1n) is 14.3. The van der Waals surface area contributed by atoms with Crippen molar-refractivity contribution < 1.29 is 28.7 Å². The lowest BCUT2D eigenvalue weighted by Crippen LogP contribution is -2.40. The number of thiazole rings is 1. The third-order valence-electron chi connectivity index (χ3n) is 7.10. The second-order valence-electron chi connectivity index (χ2n) is 10.0. The summed E-state index contributed by atoms with van der Waals surface area (Å²) in [6.07, 6.45) is 1.75. The predicted molar refractivity (Wildman–Crippen MR) is 176 cm³/mol. The minimum absolute atomic E-state index is 0.00745. The Balaban J connectivity index is 1.55. The first-order chi connectivity index (χ1) is 22.1. The first-order valence-corrected chi connectivity index (χ1v) is 15.9. The minimum atomic E-state index is -0.854. The van der Waals surface area contributed by atoms with E-state index in [2.05, 4.69) is 20.9 Å². The number of nitro benzene ring substituents is 1. The number of ether oxygens (including phenoxy) is 4. The van der Waals surface area contributed by atoms with Crippen molar-refractivity contribution in [1.82, 2.24) is 4.57 Å². The number of nitro groups is 1. The number of benzene rings is 3. The molecule has 0 spiro atoms. The van der Waals surface area contributed by atoms with E-state index < -0.39 is 16.9 Å². The second kappa shape index (κ2) is 14.1. The Bertz CT molecular complexity index is 2020. The van der Waals surface area contributed by atoms with Crippen molar-refractivity contribution in [3.05, 3.63) is 123 Å². The molecule has 13 heteroatoms. The zero-order chi connectivity index (χ0) is 33.0. The van der Waals surface area contributed by atoms with Crippen molar-refractivity contribution >= 4 is 45.0 Å². The summed E-state index contributed by atoms with van der Waals surface area (Å²) in [5.41, 5.74) is 2.45. The van der Waals surface area contributed by atoms with E-state index in [0.29, 0.717) is 54.5 Å². The number of nitrogens with zero attached hydrogens (tertiary/aromatic N) is 3. The summed E-state index contributed by atoms with van der Waals surface area (Å²) in [6, 6.07) is 16.0. The van der Waals surface area contributed by atoms with Crippen LogP contribution in [0.5, 0.6) is 17.2 Å². The van der Waals surface area contributed by atoms with Crippen molar-refractivity contribution in [2.45, 2.75) is 33.4 Å². The smallest absolute Gasteiger partial charge is 0.338 e. The minimum Gasteiger partial charge on any atom is -0.493 e. The van der Waals surface area contributed by atoms with Gasteiger partial charge in [0.05, 0.1) is 47.1 Å². The molecule has 2 heterocycles. The monoisotopic (exact) mass is 707 g/mol. The Morgan fingerprint density at radius 2 is 1.85 bits per heavy atom. The number of allylic oxidation sites excluding steroid dienone is 1. The van der Waals surface area contributed by atoms with Gasteiger partial charge in [0.25, 0.3) is 11.2 Å². The van der Waals surface area contributed by atoms with Crippen LogP contribution in [0.4, 0.5) is 5.69 Å². The molecule has 5 rings (SSSR count). The molecule has 238 valence electrons. The maximum atomic E-state index is 14.1. The van der Waals surface area contributed by atoms with Crippen LogP contribution in [0.25, 0.3) is 6.08 Å². The number of hydrogen-bond donors (Lipinski definition) is 0. The van der Waals surface area contributed by atoms with Gasteiger partial charge in [0.15, 0.2) is 16.3 Å². The van der Waals surface area contributed by atoms with Crippen molar-refractivity contribution in [3.63, 3.8) is 0 Å². The van der Waals surface area contributed by atoms with E-state index >= 15 is 0 Å². The molecule has 3 aromatic carbocycles. The summed E-state index contributed by atoms with van der Waals surface area (Å²) in [4.78, 5) is 43.0. The van der Waals surface area contributed by atoms with E-state index in [0.717, 1.165) is 5.56 Å². The van der Waals surface area contributed by atoms with Crippen LogP contribution < -0.4 is 29.1 Å². The maximum Gasteiger partial charge on any atom is 0.338 e. The molecule has 1 aromatic heterocycles. The third-order valence-corrected chi connectivity index (χ3v) is 8.77. The predicted octanol–water partition coefficient (Wildman–Crippen LogP) is 5.46. The molecule has 11 nitrogen and oxygen atoms in total. The molecule has 1 aliphatic heterocycles. The van der Waals surface area contributed by atoms with Gasteiger partial charge in [-0.15, -0.1) is 0 Å². The van der Waals surface area contributed by atoms with Gasteiger partial charge in [-0.3, -0.25) is 19.5 Å². The average molecular weight is 709 g/mol. The Labute approximate surface area is 276 Å². The van der Waals surface area contributed by atoms with Gasteiger partial charge in [-0.2, -0.15) is 0 Å². The highest BCUT2D eigenvalue weighted by Gasteiger charge is 2.35. The number of hydrogen-bond acceptors (Lipinski definition) is 10. The Morgan fingerprint density at radius 3 is 2.52 bits per heavy atom. The molecular weight excluding hydrogens is 678 g/mol. The molecule has 0 saturated carbocycles. The molecule has 0 radical (unpaired) electrons. The average Bonchev–Trinajstić information content (AvgIpc) is 3.34. The molecule has 0 N–H and O–H groups in total. The van der Waals surface area contributed by atoms with Gasteiger partial charge in [0.2, 0.25) is 0 Å². The van der Waals surface area contributed by atoms with Crippen LogP contribution in [0.2, 0.25) is 0 Å². The molecule has 0 aliphatic carbocycles. The molecule has 1 atom stereocenters. The van der Waals surface area contributed by atoms with Gasteiger partial charge in [-0.05, 0) is 79.9 Å². The van der Waals surface area contributed by atoms with Gasteiger partial charge >= 0.3 is 5.97 Å². The van der Waals surface area contributed by atoms with Gasteiger partial charge in [-0.25, -0.2) is 9.79 Å². The number of rotatable bonds is 11. The van der Waals surface area contributed by atoms with Crippen molar-refractivity contribution in [2.75, 3.05) is 20.3 Å². The van der Waals surface area contributed by atoms with Crippen LogP contribution in [0, 0.1) is 10.1 Å². The highest BCUT2D eigenvalue weighted by atomic mass is 79.9. The molecule has 0 saturated heterocycles. The number of methoxy groups -OCH3 is 1. The fourth-order valence-corrected chi connectivity index (χ4v) is 6.59. The number of halogens is 1. The van der Waals surface area contributed by atoms with Crippen LogP contribution in [0.3, 0.4) is 0 Å². The Kier molecular flexibility index (Phi) is 10.0. The molecule has 0 unspecified atom stereocenters. The molecule has 1 aliphatic rings. The largest absolute Gasteiger partial charge is 0.493 e. The van der Waals surface area contributed by atoms with Crippen LogP contribution in [0.15, 0.2) is 86.2 Å². The van der Waals surface area contributed by atoms with Crippen molar-refractivity contribution in [1.29, 1.82) is 0 Å². The molecule has 46 heavy (non-hydrogen) atoms. The zero-order valence-electron chi connectivity index (χ0n) is 25.4. The fraction of sp³-hybridized carbons (Fsp3) is 0.242. The van der Waals surface area contributed by atoms with E-state index in [4.69, 9.17) is 18.9 Å². The van der Waals surface area contributed by atoms with Crippen LogP contribution >= 0.6 is 27.3 Å². The van der Waals surface area contributed by atoms with Crippen molar-refractivity contribution in [2.24, 2.45) is 4.99 Å². The normalized spacial score (nSPS) is 14.4.